The summed E-state index contributed by atoms with van der Waals surface area (Å²) in [5.74, 6) is 0.506. The Labute approximate surface area is 151 Å². The van der Waals surface area contributed by atoms with Gasteiger partial charge in [0, 0.05) is 11.5 Å². The van der Waals surface area contributed by atoms with Crippen molar-refractivity contribution in [3.05, 3.63) is 82.0 Å². The van der Waals surface area contributed by atoms with Crippen LogP contribution in [0.2, 0.25) is 0 Å². The van der Waals surface area contributed by atoms with E-state index in [1.165, 1.54) is 17.8 Å². The SMILES string of the molecule is O=C1NC(=Nc2ccc3oc(=O)ccc3c2)S/C1=C/C=C/c1ccco1. The van der Waals surface area contributed by atoms with Crippen LogP contribution in [0.1, 0.15) is 5.76 Å². The van der Waals surface area contributed by atoms with Crippen molar-refractivity contribution in [2.45, 2.75) is 0 Å². The van der Waals surface area contributed by atoms with Gasteiger partial charge in [-0.3, -0.25) is 4.79 Å². The van der Waals surface area contributed by atoms with E-state index >= 15 is 0 Å². The van der Waals surface area contributed by atoms with Crippen LogP contribution in [0, 0.1) is 0 Å². The van der Waals surface area contributed by atoms with Crippen molar-refractivity contribution in [3.8, 4) is 0 Å². The number of carbonyl (C=O) groups excluding carboxylic acids is 1. The van der Waals surface area contributed by atoms with Crippen LogP contribution in [0.25, 0.3) is 17.0 Å². The summed E-state index contributed by atoms with van der Waals surface area (Å²) in [6.07, 6.45) is 6.82. The molecule has 1 aliphatic heterocycles. The number of benzene rings is 1. The summed E-state index contributed by atoms with van der Waals surface area (Å²) in [6.45, 7) is 0. The van der Waals surface area contributed by atoms with Gasteiger partial charge in [0.2, 0.25) is 0 Å². The lowest BCUT2D eigenvalue weighted by Crippen LogP contribution is -2.19. The molecule has 6 nitrogen and oxygen atoms in total. The fourth-order valence-electron chi connectivity index (χ4n) is 2.36. The molecule has 1 amide bonds. The average molecular weight is 364 g/mol. The lowest BCUT2D eigenvalue weighted by atomic mass is 10.2. The standard InChI is InChI=1S/C19H12N2O4S/c22-17-9-6-12-11-13(7-8-15(12)25-17)20-19-21-18(23)16(26-19)5-1-3-14-4-2-10-24-14/h1-11H,(H,20,21,23)/b3-1+,16-5+. The summed E-state index contributed by atoms with van der Waals surface area (Å²) in [5, 5.41) is 3.98. The number of furan rings is 1. The minimum absolute atomic E-state index is 0.204. The molecule has 7 heteroatoms. The zero-order valence-electron chi connectivity index (χ0n) is 13.3. The summed E-state index contributed by atoms with van der Waals surface area (Å²) in [4.78, 5) is 28.2. The molecule has 0 unspecified atom stereocenters. The highest BCUT2D eigenvalue weighted by Crippen LogP contribution is 2.27. The van der Waals surface area contributed by atoms with Gasteiger partial charge in [-0.25, -0.2) is 9.79 Å². The van der Waals surface area contributed by atoms with Crippen molar-refractivity contribution in [1.29, 1.82) is 0 Å². The van der Waals surface area contributed by atoms with Gasteiger partial charge in [-0.2, -0.15) is 0 Å². The monoisotopic (exact) mass is 364 g/mol. The van der Waals surface area contributed by atoms with Gasteiger partial charge < -0.3 is 14.2 Å². The molecule has 0 spiro atoms. The number of fused-ring (bicyclic) bond motifs is 1. The molecule has 1 aromatic carbocycles. The van der Waals surface area contributed by atoms with E-state index in [2.05, 4.69) is 10.3 Å². The number of carbonyl (C=O) groups is 1. The van der Waals surface area contributed by atoms with Gasteiger partial charge in [0.05, 0.1) is 16.9 Å². The van der Waals surface area contributed by atoms with E-state index in [1.807, 2.05) is 6.07 Å². The first-order chi connectivity index (χ1) is 12.7. The number of amidine groups is 1. The van der Waals surface area contributed by atoms with E-state index in [1.54, 1.807) is 54.8 Å². The summed E-state index contributed by atoms with van der Waals surface area (Å²) < 4.78 is 10.3. The zero-order valence-corrected chi connectivity index (χ0v) is 14.2. The predicted molar refractivity (Wildman–Crippen MR) is 101 cm³/mol. The number of rotatable bonds is 3. The zero-order chi connectivity index (χ0) is 17.9. The Morgan fingerprint density at radius 1 is 1.12 bits per heavy atom. The maximum Gasteiger partial charge on any atom is 0.336 e. The Morgan fingerprint density at radius 2 is 2.04 bits per heavy atom. The Bertz CT molecular complexity index is 1120. The molecule has 128 valence electrons. The number of hydrogen-bond donors (Lipinski definition) is 1. The third-order valence-electron chi connectivity index (χ3n) is 3.54. The van der Waals surface area contributed by atoms with Gasteiger partial charge in [0.1, 0.15) is 11.3 Å². The van der Waals surface area contributed by atoms with Crippen molar-refractivity contribution in [1.82, 2.24) is 5.32 Å². The number of nitrogens with zero attached hydrogens (tertiary/aromatic N) is 1. The number of allylic oxidation sites excluding steroid dienone is 2. The van der Waals surface area contributed by atoms with Crippen LogP contribution < -0.4 is 10.9 Å². The Balaban J connectivity index is 1.54. The van der Waals surface area contributed by atoms with Gasteiger partial charge in [0.25, 0.3) is 5.91 Å². The number of thioether (sulfide) groups is 1. The topological polar surface area (TPSA) is 84.8 Å². The Kier molecular flexibility index (Phi) is 4.28. The van der Waals surface area contributed by atoms with Crippen LogP contribution in [0.15, 0.2) is 84.4 Å². The second-order valence-corrected chi connectivity index (χ2v) is 6.39. The van der Waals surface area contributed by atoms with Crippen LogP contribution >= 0.6 is 11.8 Å². The van der Waals surface area contributed by atoms with Crippen molar-refractivity contribution >= 4 is 45.6 Å². The molecule has 2 aromatic heterocycles. The quantitative estimate of drug-likeness (QED) is 0.564. The second-order valence-electron chi connectivity index (χ2n) is 5.36. The first-order valence-corrected chi connectivity index (χ1v) is 8.53. The molecule has 0 radical (unpaired) electrons. The van der Waals surface area contributed by atoms with Crippen LogP contribution in [-0.2, 0) is 4.79 Å². The largest absolute Gasteiger partial charge is 0.465 e. The fraction of sp³-hybridized carbons (Fsp3) is 0. The van der Waals surface area contributed by atoms with Crippen LogP contribution in [0.4, 0.5) is 5.69 Å². The molecular weight excluding hydrogens is 352 g/mol. The first kappa shape index (κ1) is 16.2. The summed E-state index contributed by atoms with van der Waals surface area (Å²) in [7, 11) is 0. The highest BCUT2D eigenvalue weighted by Gasteiger charge is 2.23. The lowest BCUT2D eigenvalue weighted by molar-refractivity contribution is -0.115. The van der Waals surface area contributed by atoms with Crippen LogP contribution in [-0.4, -0.2) is 11.1 Å². The minimum Gasteiger partial charge on any atom is -0.465 e. The van der Waals surface area contributed by atoms with Gasteiger partial charge in [-0.1, -0.05) is 6.08 Å². The molecule has 1 aliphatic rings. The van der Waals surface area contributed by atoms with Crippen molar-refractivity contribution in [3.63, 3.8) is 0 Å². The maximum absolute atomic E-state index is 12.0. The van der Waals surface area contributed by atoms with Crippen molar-refractivity contribution in [2.75, 3.05) is 0 Å². The first-order valence-electron chi connectivity index (χ1n) is 7.71. The van der Waals surface area contributed by atoms with Gasteiger partial charge in [-0.05, 0) is 60.3 Å². The molecule has 1 fully saturated rings. The fourth-order valence-corrected chi connectivity index (χ4v) is 3.15. The average Bonchev–Trinajstić information content (AvgIpc) is 3.25. The number of amides is 1. The van der Waals surface area contributed by atoms with E-state index in [0.717, 1.165) is 5.39 Å². The maximum atomic E-state index is 12.0. The van der Waals surface area contributed by atoms with Gasteiger partial charge in [0.15, 0.2) is 5.17 Å². The molecule has 4 rings (SSSR count). The van der Waals surface area contributed by atoms with E-state index in [0.29, 0.717) is 27.1 Å². The summed E-state index contributed by atoms with van der Waals surface area (Å²) >= 11 is 1.25. The van der Waals surface area contributed by atoms with E-state index in [4.69, 9.17) is 8.83 Å². The smallest absolute Gasteiger partial charge is 0.336 e. The molecule has 3 heterocycles. The molecular formula is C19H12N2O4S. The van der Waals surface area contributed by atoms with Crippen molar-refractivity contribution in [2.24, 2.45) is 4.99 Å². The molecule has 1 saturated heterocycles. The molecule has 26 heavy (non-hydrogen) atoms. The Morgan fingerprint density at radius 3 is 2.88 bits per heavy atom. The molecule has 0 atom stereocenters. The lowest BCUT2D eigenvalue weighted by Gasteiger charge is -1.99. The number of nitrogens with one attached hydrogen (secondary N) is 1. The van der Waals surface area contributed by atoms with Gasteiger partial charge in [-0.15, -0.1) is 0 Å². The van der Waals surface area contributed by atoms with Gasteiger partial charge >= 0.3 is 5.63 Å². The van der Waals surface area contributed by atoms with E-state index in [-0.39, 0.29) is 5.91 Å². The molecule has 0 saturated carbocycles. The highest BCUT2D eigenvalue weighted by molar-refractivity contribution is 8.18. The second kappa shape index (κ2) is 6.89. The van der Waals surface area contributed by atoms with Crippen molar-refractivity contribution < 1.29 is 13.6 Å². The summed E-state index contributed by atoms with van der Waals surface area (Å²) in [6, 6.07) is 11.9. The third-order valence-corrected chi connectivity index (χ3v) is 4.46. The Hall–Kier alpha value is -3.32. The molecule has 3 aromatic rings. The highest BCUT2D eigenvalue weighted by atomic mass is 32.2. The minimum atomic E-state index is -0.396. The molecule has 0 aliphatic carbocycles. The van der Waals surface area contributed by atoms with E-state index in [9.17, 15) is 9.59 Å². The molecule has 0 bridgehead atoms. The normalized spacial score (nSPS) is 17.6. The molecule has 1 N–H and O–H groups in total. The van der Waals surface area contributed by atoms with Crippen LogP contribution in [0.5, 0.6) is 0 Å². The van der Waals surface area contributed by atoms with Crippen LogP contribution in [0.3, 0.4) is 0 Å². The van der Waals surface area contributed by atoms with E-state index < -0.39 is 5.63 Å². The predicted octanol–water partition coefficient (Wildman–Crippen LogP) is 3.83. The third kappa shape index (κ3) is 3.52. The summed E-state index contributed by atoms with van der Waals surface area (Å²) in [5.41, 5.74) is 0.752. The number of hydrogen-bond acceptors (Lipinski definition) is 6. The number of aliphatic imine (C=N–C) groups is 1.